The lowest BCUT2D eigenvalue weighted by Crippen LogP contribution is -2.48. The van der Waals surface area contributed by atoms with Gasteiger partial charge in [0.1, 0.15) is 6.04 Å². The summed E-state index contributed by atoms with van der Waals surface area (Å²) in [4.78, 5) is 84.1. The van der Waals surface area contributed by atoms with Crippen molar-refractivity contribution in [2.24, 2.45) is 56.4 Å². The Hall–Kier alpha value is -5.06. The molecule has 49 heavy (non-hydrogen) atoms. The fourth-order valence-corrected chi connectivity index (χ4v) is 4.92. The van der Waals surface area contributed by atoms with E-state index in [1.807, 2.05) is 0 Å². The van der Waals surface area contributed by atoms with Gasteiger partial charge in [-0.1, -0.05) is 37.3 Å². The van der Waals surface area contributed by atoms with Crippen molar-refractivity contribution in [3.05, 3.63) is 35.9 Å². The van der Waals surface area contributed by atoms with Crippen molar-refractivity contribution in [2.75, 3.05) is 19.7 Å². The van der Waals surface area contributed by atoms with Gasteiger partial charge in [-0.2, -0.15) is 0 Å². The number of nitrogens with one attached hydrogen (secondary N) is 2. The number of aliphatic imine (C=N–C) groups is 2. The third-order valence-electron chi connectivity index (χ3n) is 7.75. The summed E-state index contributed by atoms with van der Waals surface area (Å²) in [5.74, 6) is -7.25. The Balaban J connectivity index is 3.18. The highest BCUT2D eigenvalue weighted by molar-refractivity contribution is 5.95. The predicted molar refractivity (Wildman–Crippen MR) is 182 cm³/mol. The Morgan fingerprint density at radius 2 is 1.27 bits per heavy atom. The smallest absolute Gasteiger partial charge is 0.306 e. The van der Waals surface area contributed by atoms with E-state index in [1.54, 1.807) is 37.3 Å². The van der Waals surface area contributed by atoms with E-state index in [-0.39, 0.29) is 70.0 Å². The Bertz CT molecular complexity index is 1310. The second-order valence-corrected chi connectivity index (χ2v) is 11.9. The molecule has 0 unspecified atom stereocenters. The number of ketones is 2. The number of guanidine groups is 2. The molecule has 17 nitrogen and oxygen atoms in total. The van der Waals surface area contributed by atoms with Gasteiger partial charge in [0.05, 0.1) is 18.6 Å². The number of nitrogens with zero attached hydrogens (tertiary/aromatic N) is 2. The second kappa shape index (κ2) is 22.5. The Kier molecular flexibility index (Phi) is 19.3. The van der Waals surface area contributed by atoms with Crippen LogP contribution in [0.15, 0.2) is 40.3 Å². The number of rotatable bonds is 25. The molecule has 1 aromatic carbocycles. The van der Waals surface area contributed by atoms with E-state index in [0.717, 1.165) is 0 Å². The highest BCUT2D eigenvalue weighted by Gasteiger charge is 2.32. The van der Waals surface area contributed by atoms with Gasteiger partial charge in [-0.05, 0) is 44.1 Å². The highest BCUT2D eigenvalue weighted by atomic mass is 16.4. The Labute approximate surface area is 285 Å². The fourth-order valence-electron chi connectivity index (χ4n) is 4.92. The number of benzene rings is 1. The van der Waals surface area contributed by atoms with Crippen LogP contribution >= 0.6 is 0 Å². The summed E-state index contributed by atoms with van der Waals surface area (Å²) in [7, 11) is 0. The van der Waals surface area contributed by atoms with E-state index in [4.69, 9.17) is 28.7 Å². The minimum Gasteiger partial charge on any atom is -0.481 e. The van der Waals surface area contributed by atoms with Crippen molar-refractivity contribution >= 4 is 47.2 Å². The number of amides is 3. The van der Waals surface area contributed by atoms with E-state index in [2.05, 4.69) is 20.6 Å². The van der Waals surface area contributed by atoms with E-state index in [1.165, 1.54) is 0 Å². The molecule has 0 aliphatic rings. The van der Waals surface area contributed by atoms with E-state index in [9.17, 15) is 39.0 Å². The van der Waals surface area contributed by atoms with Gasteiger partial charge in [0.25, 0.3) is 0 Å². The average Bonchev–Trinajstić information content (AvgIpc) is 3.04. The van der Waals surface area contributed by atoms with Gasteiger partial charge in [0, 0.05) is 44.2 Å². The minimum absolute atomic E-state index is 0.0209. The number of hydrogen-bond donors (Lipinski definition) is 9. The molecule has 0 saturated heterocycles. The van der Waals surface area contributed by atoms with Gasteiger partial charge >= 0.3 is 5.97 Å². The molecule has 0 aliphatic heterocycles. The van der Waals surface area contributed by atoms with Crippen LogP contribution in [0.2, 0.25) is 0 Å². The number of aliphatic hydroxyl groups excluding tert-OH is 1. The topological polar surface area (TPSA) is 322 Å². The Morgan fingerprint density at radius 3 is 1.80 bits per heavy atom. The quantitative estimate of drug-likeness (QED) is 0.0320. The second-order valence-electron chi connectivity index (χ2n) is 11.9. The number of hydrogen-bond acceptors (Lipinski definition) is 9. The summed E-state index contributed by atoms with van der Waals surface area (Å²) >= 11 is 0. The molecule has 0 bridgehead atoms. The first kappa shape index (κ1) is 42.0. The maximum Gasteiger partial charge on any atom is 0.306 e. The summed E-state index contributed by atoms with van der Waals surface area (Å²) in [5, 5.41) is 24.8. The summed E-state index contributed by atoms with van der Waals surface area (Å²) in [6.45, 7) is 1.14. The summed E-state index contributed by atoms with van der Waals surface area (Å²) < 4.78 is 0. The number of nitrogens with two attached hydrogens (primary N) is 5. The average molecular weight is 690 g/mol. The lowest BCUT2D eigenvalue weighted by atomic mass is 9.89. The maximum absolute atomic E-state index is 13.7. The Morgan fingerprint density at radius 1 is 0.735 bits per heavy atom. The minimum atomic E-state index is -1.43. The molecule has 0 aliphatic carbocycles. The molecule has 3 amide bonds. The molecule has 0 heterocycles. The number of Topliss-reactive ketones (excluding diaryl/α,β-unsaturated/α-hetero) is 2. The van der Waals surface area contributed by atoms with Crippen LogP contribution in [0.5, 0.6) is 0 Å². The number of carbonyl (C=O) groups is 6. The molecule has 272 valence electrons. The van der Waals surface area contributed by atoms with Crippen LogP contribution in [0.3, 0.4) is 0 Å². The fraction of sp³-hybridized carbons (Fsp3) is 0.562. The summed E-state index contributed by atoms with van der Waals surface area (Å²) in [6.07, 6.45) is 0.230. The number of carboxylic acid groups (broad SMARTS) is 1. The standard InChI is InChI=1S/C32H51N9O8/c1-19(11-12-27(33)45)28(46)40-23(10-6-14-39-32(36)37)25(43)17-22(15-20-7-3-2-4-8-20)29(47)41-24(18-42)26(44)16-21(30(48)49)9-5-13-38-31(34)35/h2-4,7-8,19,21-24,42H,5-6,9-18H2,1H3,(H2,33,45)(H,40,46)(H,41,47)(H,48,49)(H4,34,35,38)(H4,36,37,39)/t19-,21+,22+,23-,24-/m0/s1. The van der Waals surface area contributed by atoms with Gasteiger partial charge in [0.2, 0.25) is 17.7 Å². The van der Waals surface area contributed by atoms with Crippen LogP contribution in [0.25, 0.3) is 0 Å². The lowest BCUT2D eigenvalue weighted by molar-refractivity contribution is -0.144. The van der Waals surface area contributed by atoms with Crippen LogP contribution in [0.1, 0.15) is 63.9 Å². The maximum atomic E-state index is 13.7. The van der Waals surface area contributed by atoms with Crippen LogP contribution < -0.4 is 39.3 Å². The number of carboxylic acids is 1. The zero-order valence-electron chi connectivity index (χ0n) is 27.9. The monoisotopic (exact) mass is 689 g/mol. The SMILES string of the molecule is C[C@@H](CCC(N)=O)C(=O)N[C@@H](CCCN=C(N)N)C(=O)C[C@@H](Cc1ccccc1)C(=O)N[C@@H](CO)C(=O)C[C@@H](CCCN=C(N)N)C(=O)O. The van der Waals surface area contributed by atoms with Crippen LogP contribution in [0, 0.1) is 17.8 Å². The molecular weight excluding hydrogens is 638 g/mol. The zero-order chi connectivity index (χ0) is 36.9. The van der Waals surface area contributed by atoms with Gasteiger partial charge in [0.15, 0.2) is 23.5 Å². The van der Waals surface area contributed by atoms with Crippen LogP contribution in [-0.2, 0) is 35.2 Å². The molecule has 0 saturated carbocycles. The van der Waals surface area contributed by atoms with Crippen molar-refractivity contribution in [3.8, 4) is 0 Å². The molecule has 1 rings (SSSR count). The molecule has 14 N–H and O–H groups in total. The van der Waals surface area contributed by atoms with Crippen molar-refractivity contribution < 1.29 is 39.0 Å². The lowest BCUT2D eigenvalue weighted by Gasteiger charge is -2.24. The van der Waals surface area contributed by atoms with Gasteiger partial charge in [-0.15, -0.1) is 0 Å². The third-order valence-corrected chi connectivity index (χ3v) is 7.75. The van der Waals surface area contributed by atoms with Gasteiger partial charge in [-0.3, -0.25) is 38.8 Å². The molecule has 5 atom stereocenters. The van der Waals surface area contributed by atoms with Crippen molar-refractivity contribution in [2.45, 2.75) is 76.8 Å². The number of primary amides is 1. The number of carbonyl (C=O) groups excluding carboxylic acids is 5. The van der Waals surface area contributed by atoms with E-state index in [0.29, 0.717) is 12.0 Å². The van der Waals surface area contributed by atoms with Crippen molar-refractivity contribution in [1.82, 2.24) is 10.6 Å². The molecule has 0 fully saturated rings. The van der Waals surface area contributed by atoms with Gasteiger partial charge in [-0.25, -0.2) is 0 Å². The zero-order valence-corrected chi connectivity index (χ0v) is 27.9. The van der Waals surface area contributed by atoms with Crippen LogP contribution in [0.4, 0.5) is 0 Å². The normalized spacial score (nSPS) is 13.8. The molecule has 1 aromatic rings. The van der Waals surface area contributed by atoms with E-state index < -0.39 is 78.1 Å². The molecule has 0 spiro atoms. The van der Waals surface area contributed by atoms with Crippen molar-refractivity contribution in [3.63, 3.8) is 0 Å². The summed E-state index contributed by atoms with van der Waals surface area (Å²) in [6, 6.07) is 6.34. The molecular formula is C32H51N9O8. The molecule has 0 radical (unpaired) electrons. The first-order valence-corrected chi connectivity index (χ1v) is 16.1. The van der Waals surface area contributed by atoms with Gasteiger partial charge < -0.3 is 49.5 Å². The molecule has 17 heteroatoms. The van der Waals surface area contributed by atoms with E-state index >= 15 is 0 Å². The third kappa shape index (κ3) is 17.6. The first-order chi connectivity index (χ1) is 23.1. The number of aliphatic hydroxyl groups is 1. The highest BCUT2D eigenvalue weighted by Crippen LogP contribution is 2.19. The van der Waals surface area contributed by atoms with Crippen LogP contribution in [-0.4, -0.2) is 89.2 Å². The largest absolute Gasteiger partial charge is 0.481 e. The number of aliphatic carboxylic acids is 1. The molecule has 0 aromatic heterocycles. The van der Waals surface area contributed by atoms with Crippen molar-refractivity contribution in [1.29, 1.82) is 0 Å². The summed E-state index contributed by atoms with van der Waals surface area (Å²) in [5.41, 5.74) is 27.3. The predicted octanol–water partition coefficient (Wildman–Crippen LogP) is -1.56. The first-order valence-electron chi connectivity index (χ1n) is 16.1.